The van der Waals surface area contributed by atoms with Crippen molar-refractivity contribution in [1.82, 2.24) is 9.97 Å². The maximum absolute atomic E-state index is 4.20. The molecule has 0 saturated carbocycles. The van der Waals surface area contributed by atoms with E-state index < -0.39 is 0 Å². The van der Waals surface area contributed by atoms with Crippen LogP contribution in [-0.2, 0) is 6.42 Å². The summed E-state index contributed by atoms with van der Waals surface area (Å²) >= 11 is 0. The second-order valence-corrected chi connectivity index (χ2v) is 3.67. The molecule has 0 aliphatic rings. The lowest BCUT2D eigenvalue weighted by Gasteiger charge is -2.10. The normalized spacial score (nSPS) is 10.0. The van der Waals surface area contributed by atoms with Gasteiger partial charge in [0.1, 0.15) is 18.0 Å². The summed E-state index contributed by atoms with van der Waals surface area (Å²) in [5, 5.41) is 6.30. The van der Waals surface area contributed by atoms with E-state index in [1.165, 1.54) is 5.56 Å². The zero-order valence-electron chi connectivity index (χ0n) is 10.1. The van der Waals surface area contributed by atoms with Gasteiger partial charge in [-0.15, -0.1) is 0 Å². The van der Waals surface area contributed by atoms with Crippen LogP contribution in [0.25, 0.3) is 0 Å². The van der Waals surface area contributed by atoms with Gasteiger partial charge in [-0.2, -0.15) is 0 Å². The topological polar surface area (TPSA) is 49.8 Å². The number of hydrogen-bond acceptors (Lipinski definition) is 4. The van der Waals surface area contributed by atoms with Crippen LogP contribution < -0.4 is 10.6 Å². The van der Waals surface area contributed by atoms with Crippen molar-refractivity contribution in [2.75, 3.05) is 17.7 Å². The summed E-state index contributed by atoms with van der Waals surface area (Å²) in [4.78, 5) is 8.28. The number of benzene rings is 1. The van der Waals surface area contributed by atoms with Crippen LogP contribution in [0.2, 0.25) is 0 Å². The average Bonchev–Trinajstić information content (AvgIpc) is 2.39. The zero-order chi connectivity index (χ0) is 12.1. The molecule has 1 aromatic carbocycles. The Balaban J connectivity index is 2.24. The van der Waals surface area contributed by atoms with Crippen molar-refractivity contribution < 1.29 is 0 Å². The Morgan fingerprint density at radius 2 is 1.88 bits per heavy atom. The van der Waals surface area contributed by atoms with Gasteiger partial charge in [0.15, 0.2) is 0 Å². The van der Waals surface area contributed by atoms with Crippen LogP contribution in [0.5, 0.6) is 0 Å². The maximum Gasteiger partial charge on any atom is 0.135 e. The monoisotopic (exact) mass is 228 g/mol. The molecule has 2 rings (SSSR count). The van der Waals surface area contributed by atoms with E-state index in [-0.39, 0.29) is 0 Å². The lowest BCUT2D eigenvalue weighted by Crippen LogP contribution is -1.99. The molecule has 0 bridgehead atoms. The minimum absolute atomic E-state index is 0.797. The Kier molecular flexibility index (Phi) is 3.55. The minimum atomic E-state index is 0.797. The third kappa shape index (κ3) is 2.72. The number of nitrogens with one attached hydrogen (secondary N) is 2. The van der Waals surface area contributed by atoms with Crippen LogP contribution in [0, 0.1) is 0 Å². The van der Waals surface area contributed by atoms with Gasteiger partial charge in [0.05, 0.1) is 0 Å². The molecule has 0 fully saturated rings. The van der Waals surface area contributed by atoms with E-state index >= 15 is 0 Å². The third-order valence-electron chi connectivity index (χ3n) is 2.58. The van der Waals surface area contributed by atoms with E-state index in [4.69, 9.17) is 0 Å². The van der Waals surface area contributed by atoms with E-state index in [0.29, 0.717) is 0 Å². The Bertz CT molecular complexity index is 496. The first kappa shape index (κ1) is 11.4. The summed E-state index contributed by atoms with van der Waals surface area (Å²) in [5.74, 6) is 1.60. The van der Waals surface area contributed by atoms with E-state index in [2.05, 4.69) is 39.7 Å². The zero-order valence-corrected chi connectivity index (χ0v) is 10.1. The van der Waals surface area contributed by atoms with Crippen molar-refractivity contribution >= 4 is 17.3 Å². The fourth-order valence-corrected chi connectivity index (χ4v) is 1.65. The minimum Gasteiger partial charge on any atom is -0.373 e. The molecule has 0 saturated heterocycles. The lowest BCUT2D eigenvalue weighted by molar-refractivity contribution is 1.13. The average molecular weight is 228 g/mol. The van der Waals surface area contributed by atoms with Crippen LogP contribution in [0.15, 0.2) is 36.7 Å². The Hall–Kier alpha value is -2.10. The van der Waals surface area contributed by atoms with Gasteiger partial charge >= 0.3 is 0 Å². The van der Waals surface area contributed by atoms with Crippen LogP contribution in [0.3, 0.4) is 0 Å². The van der Waals surface area contributed by atoms with Gasteiger partial charge in [0.25, 0.3) is 0 Å². The highest BCUT2D eigenvalue weighted by Gasteiger charge is 2.01. The molecule has 1 aromatic heterocycles. The summed E-state index contributed by atoms with van der Waals surface area (Å²) in [7, 11) is 1.84. The highest BCUT2D eigenvalue weighted by Crippen LogP contribution is 2.20. The number of nitrogens with zero attached hydrogens (tertiary/aromatic N) is 2. The Morgan fingerprint density at radius 1 is 1.12 bits per heavy atom. The van der Waals surface area contributed by atoms with Gasteiger partial charge in [-0.3, -0.25) is 0 Å². The molecule has 1 heterocycles. The quantitative estimate of drug-likeness (QED) is 0.844. The van der Waals surface area contributed by atoms with Gasteiger partial charge in [-0.25, -0.2) is 9.97 Å². The molecule has 0 aliphatic carbocycles. The van der Waals surface area contributed by atoms with Crippen molar-refractivity contribution in [3.05, 3.63) is 42.2 Å². The molecule has 2 aromatic rings. The molecule has 0 atom stereocenters. The summed E-state index contributed by atoms with van der Waals surface area (Å²) in [6, 6.07) is 10.1. The van der Waals surface area contributed by atoms with Gasteiger partial charge in [-0.05, 0) is 18.1 Å². The van der Waals surface area contributed by atoms with E-state index in [1.807, 2.05) is 25.2 Å². The van der Waals surface area contributed by atoms with Crippen LogP contribution in [0.1, 0.15) is 12.5 Å². The van der Waals surface area contributed by atoms with Crippen molar-refractivity contribution in [1.29, 1.82) is 0 Å². The second kappa shape index (κ2) is 5.30. The molecule has 17 heavy (non-hydrogen) atoms. The van der Waals surface area contributed by atoms with Gasteiger partial charge in [0.2, 0.25) is 0 Å². The molecule has 0 aliphatic heterocycles. The number of anilines is 3. The first-order valence-corrected chi connectivity index (χ1v) is 5.68. The molecule has 4 nitrogen and oxygen atoms in total. The number of aryl methyl sites for hydroxylation is 1. The maximum atomic E-state index is 4.20. The first-order chi connectivity index (χ1) is 8.33. The summed E-state index contributed by atoms with van der Waals surface area (Å²) < 4.78 is 0. The molecular weight excluding hydrogens is 212 g/mol. The molecule has 88 valence electrons. The summed E-state index contributed by atoms with van der Waals surface area (Å²) in [6.07, 6.45) is 2.54. The largest absolute Gasteiger partial charge is 0.373 e. The van der Waals surface area contributed by atoms with Crippen LogP contribution in [-0.4, -0.2) is 17.0 Å². The molecule has 2 N–H and O–H groups in total. The molecule has 4 heteroatoms. The SMILES string of the molecule is CCc1ccccc1Nc1cc(NC)ncn1. The highest BCUT2D eigenvalue weighted by molar-refractivity contribution is 5.62. The van der Waals surface area contributed by atoms with Gasteiger partial charge in [-0.1, -0.05) is 25.1 Å². The summed E-state index contributed by atoms with van der Waals surface area (Å²) in [6.45, 7) is 2.14. The van der Waals surface area contributed by atoms with Crippen molar-refractivity contribution in [2.45, 2.75) is 13.3 Å². The van der Waals surface area contributed by atoms with E-state index in [0.717, 1.165) is 23.7 Å². The Labute approximate surface area is 101 Å². The molecule has 0 radical (unpaired) electrons. The van der Waals surface area contributed by atoms with Crippen molar-refractivity contribution in [3.63, 3.8) is 0 Å². The van der Waals surface area contributed by atoms with Gasteiger partial charge < -0.3 is 10.6 Å². The number of para-hydroxylation sites is 1. The fraction of sp³-hybridized carbons (Fsp3) is 0.231. The summed E-state index contributed by atoms with van der Waals surface area (Å²) in [5.41, 5.74) is 2.37. The molecular formula is C13H16N4. The van der Waals surface area contributed by atoms with Crippen LogP contribution in [0.4, 0.5) is 17.3 Å². The predicted molar refractivity (Wildman–Crippen MR) is 70.7 cm³/mol. The number of hydrogen-bond donors (Lipinski definition) is 2. The standard InChI is InChI=1S/C13H16N4/c1-3-10-6-4-5-7-11(10)17-13-8-12(14-2)15-9-16-13/h4-9H,3H2,1-2H3,(H2,14,15,16,17). The lowest BCUT2D eigenvalue weighted by atomic mass is 10.1. The second-order valence-electron chi connectivity index (χ2n) is 3.67. The smallest absolute Gasteiger partial charge is 0.135 e. The van der Waals surface area contributed by atoms with Crippen LogP contribution >= 0.6 is 0 Å². The highest BCUT2D eigenvalue weighted by atomic mass is 15.1. The molecule has 0 spiro atoms. The van der Waals surface area contributed by atoms with Crippen molar-refractivity contribution in [3.8, 4) is 0 Å². The predicted octanol–water partition coefficient (Wildman–Crippen LogP) is 2.82. The van der Waals surface area contributed by atoms with E-state index in [1.54, 1.807) is 6.33 Å². The molecule has 0 unspecified atom stereocenters. The first-order valence-electron chi connectivity index (χ1n) is 5.68. The van der Waals surface area contributed by atoms with E-state index in [9.17, 15) is 0 Å². The molecule has 0 amide bonds. The number of aromatic nitrogens is 2. The Morgan fingerprint density at radius 3 is 2.65 bits per heavy atom. The number of rotatable bonds is 4. The third-order valence-corrected chi connectivity index (χ3v) is 2.58. The fourth-order valence-electron chi connectivity index (χ4n) is 1.65. The van der Waals surface area contributed by atoms with Crippen molar-refractivity contribution in [2.24, 2.45) is 0 Å². The van der Waals surface area contributed by atoms with Gasteiger partial charge in [0, 0.05) is 18.8 Å².